The largest absolute Gasteiger partial charge is 0.380 e. The molecule has 0 spiro atoms. The topological polar surface area (TPSA) is 31.2 Å². The first-order valence-electron chi connectivity index (χ1n) is 5.48. The maximum absolute atomic E-state index is 11.7. The maximum atomic E-state index is 11.7. The third-order valence-corrected chi connectivity index (χ3v) is 2.58. The average Bonchev–Trinajstić information content (AvgIpc) is 2.34. The summed E-state index contributed by atoms with van der Waals surface area (Å²) in [5.41, 5.74) is 3.01. The van der Waals surface area contributed by atoms with E-state index in [0.717, 1.165) is 16.8 Å². The van der Waals surface area contributed by atoms with Gasteiger partial charge in [-0.1, -0.05) is 18.2 Å². The predicted molar refractivity (Wildman–Crippen MR) is 67.5 cm³/mol. The lowest BCUT2D eigenvalue weighted by Crippen LogP contribution is -2.16. The molecule has 0 radical (unpaired) electrons. The summed E-state index contributed by atoms with van der Waals surface area (Å²) in [7, 11) is 1.67. The third-order valence-electron chi connectivity index (χ3n) is 2.58. The molecule has 0 fully saturated rings. The quantitative estimate of drug-likeness (QED) is 0.808. The summed E-state index contributed by atoms with van der Waals surface area (Å²) in [6.07, 6.45) is 1.84. The molecule has 0 aliphatic carbocycles. The van der Waals surface area contributed by atoms with E-state index in [9.17, 15) is 4.79 Å². The molecule has 0 aliphatic rings. The van der Waals surface area contributed by atoms with Crippen molar-refractivity contribution in [2.24, 2.45) is 0 Å². The van der Waals surface area contributed by atoms with Gasteiger partial charge in [0.05, 0.1) is 6.61 Å². The highest BCUT2D eigenvalue weighted by Gasteiger charge is 2.00. The van der Waals surface area contributed by atoms with Crippen LogP contribution in [0.15, 0.2) is 47.4 Å². The van der Waals surface area contributed by atoms with E-state index < -0.39 is 0 Å². The first kappa shape index (κ1) is 11.6. The number of nitrogens with zero attached hydrogens (tertiary/aromatic N) is 1. The number of hydrogen-bond donors (Lipinski definition) is 0. The summed E-state index contributed by atoms with van der Waals surface area (Å²) in [4.78, 5) is 11.7. The minimum Gasteiger partial charge on any atom is -0.380 e. The summed E-state index contributed by atoms with van der Waals surface area (Å²) in [6.45, 7) is 2.55. The Morgan fingerprint density at radius 1 is 1.12 bits per heavy atom. The zero-order valence-corrected chi connectivity index (χ0v) is 10.0. The SMILES string of the molecule is COCc1ccc(-n2cc(C)ccc2=O)cc1. The first-order chi connectivity index (χ1) is 8.20. The Morgan fingerprint density at radius 3 is 2.47 bits per heavy atom. The minimum atomic E-state index is -0.0184. The van der Waals surface area contributed by atoms with Gasteiger partial charge in [-0.05, 0) is 30.2 Å². The first-order valence-corrected chi connectivity index (χ1v) is 5.48. The number of pyridine rings is 1. The average molecular weight is 229 g/mol. The molecule has 1 heterocycles. The van der Waals surface area contributed by atoms with Crippen LogP contribution in [0.3, 0.4) is 0 Å². The normalized spacial score (nSPS) is 10.5. The summed E-state index contributed by atoms with van der Waals surface area (Å²) < 4.78 is 6.69. The Bertz CT molecular complexity index is 555. The van der Waals surface area contributed by atoms with Crippen LogP contribution in [0.1, 0.15) is 11.1 Å². The predicted octanol–water partition coefficient (Wildman–Crippen LogP) is 2.29. The summed E-state index contributed by atoms with van der Waals surface area (Å²) in [5, 5.41) is 0. The highest BCUT2D eigenvalue weighted by molar-refractivity contribution is 5.35. The van der Waals surface area contributed by atoms with Crippen molar-refractivity contribution in [1.82, 2.24) is 4.57 Å². The summed E-state index contributed by atoms with van der Waals surface area (Å²) >= 11 is 0. The highest BCUT2D eigenvalue weighted by Crippen LogP contribution is 2.09. The monoisotopic (exact) mass is 229 g/mol. The van der Waals surface area contributed by atoms with Crippen LogP contribution in [-0.2, 0) is 11.3 Å². The molecule has 0 atom stereocenters. The fourth-order valence-electron chi connectivity index (χ4n) is 1.71. The van der Waals surface area contributed by atoms with E-state index in [1.165, 1.54) is 0 Å². The lowest BCUT2D eigenvalue weighted by Gasteiger charge is -2.07. The number of ether oxygens (including phenoxy) is 1. The number of aryl methyl sites for hydroxylation is 1. The van der Waals surface area contributed by atoms with E-state index in [1.807, 2.05) is 43.5 Å². The molecule has 0 saturated carbocycles. The van der Waals surface area contributed by atoms with Crippen molar-refractivity contribution in [3.63, 3.8) is 0 Å². The molecule has 3 heteroatoms. The van der Waals surface area contributed by atoms with Crippen LogP contribution >= 0.6 is 0 Å². The van der Waals surface area contributed by atoms with Gasteiger partial charge in [-0.3, -0.25) is 9.36 Å². The van der Waals surface area contributed by atoms with E-state index in [-0.39, 0.29) is 5.56 Å². The van der Waals surface area contributed by atoms with Gasteiger partial charge in [0.2, 0.25) is 0 Å². The van der Waals surface area contributed by atoms with Crippen molar-refractivity contribution in [2.75, 3.05) is 7.11 Å². The van der Waals surface area contributed by atoms with Crippen molar-refractivity contribution in [1.29, 1.82) is 0 Å². The van der Waals surface area contributed by atoms with Gasteiger partial charge in [-0.15, -0.1) is 0 Å². The summed E-state index contributed by atoms with van der Waals surface area (Å²) in [5.74, 6) is 0. The van der Waals surface area contributed by atoms with Crippen molar-refractivity contribution in [3.05, 3.63) is 64.1 Å². The molecule has 0 unspecified atom stereocenters. The van der Waals surface area contributed by atoms with E-state index in [1.54, 1.807) is 17.7 Å². The molecule has 88 valence electrons. The Hall–Kier alpha value is -1.87. The molecule has 0 N–H and O–H groups in total. The Labute approximate surface area is 100 Å². The van der Waals surface area contributed by atoms with Crippen molar-refractivity contribution in [2.45, 2.75) is 13.5 Å². The lowest BCUT2D eigenvalue weighted by atomic mass is 10.2. The second-order valence-electron chi connectivity index (χ2n) is 4.01. The molecule has 3 nitrogen and oxygen atoms in total. The molecule has 1 aromatic heterocycles. The van der Waals surface area contributed by atoms with Gasteiger partial charge >= 0.3 is 0 Å². The van der Waals surface area contributed by atoms with Gasteiger partial charge in [-0.25, -0.2) is 0 Å². The molecular formula is C14H15NO2. The number of methoxy groups -OCH3 is 1. The zero-order valence-electron chi connectivity index (χ0n) is 10.0. The molecule has 2 aromatic rings. The van der Waals surface area contributed by atoms with Crippen LogP contribution in [0, 0.1) is 6.92 Å². The van der Waals surface area contributed by atoms with Crippen molar-refractivity contribution >= 4 is 0 Å². The van der Waals surface area contributed by atoms with Crippen LogP contribution in [0.5, 0.6) is 0 Å². The second-order valence-corrected chi connectivity index (χ2v) is 4.01. The van der Waals surface area contributed by atoms with Crippen LogP contribution in [-0.4, -0.2) is 11.7 Å². The second kappa shape index (κ2) is 4.97. The van der Waals surface area contributed by atoms with E-state index in [0.29, 0.717) is 6.61 Å². The molecule has 0 saturated heterocycles. The number of benzene rings is 1. The molecular weight excluding hydrogens is 214 g/mol. The highest BCUT2D eigenvalue weighted by atomic mass is 16.5. The Kier molecular flexibility index (Phi) is 3.40. The Balaban J connectivity index is 2.39. The van der Waals surface area contributed by atoms with Gasteiger partial charge in [-0.2, -0.15) is 0 Å². The zero-order chi connectivity index (χ0) is 12.3. The smallest absolute Gasteiger partial charge is 0.255 e. The van der Waals surface area contributed by atoms with Crippen LogP contribution in [0.4, 0.5) is 0 Å². The van der Waals surface area contributed by atoms with Crippen LogP contribution in [0.2, 0.25) is 0 Å². The number of aromatic nitrogens is 1. The van der Waals surface area contributed by atoms with E-state index in [4.69, 9.17) is 4.74 Å². The molecule has 17 heavy (non-hydrogen) atoms. The standard InChI is InChI=1S/C14H15NO2/c1-11-3-8-14(16)15(9-11)13-6-4-12(5-7-13)10-17-2/h3-9H,10H2,1-2H3. The fraction of sp³-hybridized carbons (Fsp3) is 0.214. The molecule has 0 amide bonds. The molecule has 0 bridgehead atoms. The number of rotatable bonds is 3. The van der Waals surface area contributed by atoms with E-state index in [2.05, 4.69) is 0 Å². The summed E-state index contributed by atoms with van der Waals surface area (Å²) in [6, 6.07) is 11.2. The third kappa shape index (κ3) is 2.63. The number of hydrogen-bond acceptors (Lipinski definition) is 2. The van der Waals surface area contributed by atoms with Crippen molar-refractivity contribution < 1.29 is 4.74 Å². The maximum Gasteiger partial charge on any atom is 0.255 e. The molecule has 2 rings (SSSR count). The van der Waals surface area contributed by atoms with E-state index >= 15 is 0 Å². The van der Waals surface area contributed by atoms with Gasteiger partial charge in [0.15, 0.2) is 0 Å². The fourth-order valence-corrected chi connectivity index (χ4v) is 1.71. The lowest BCUT2D eigenvalue weighted by molar-refractivity contribution is 0.185. The molecule has 1 aromatic carbocycles. The van der Waals surface area contributed by atoms with Gasteiger partial charge in [0.25, 0.3) is 5.56 Å². The van der Waals surface area contributed by atoms with Crippen LogP contribution < -0.4 is 5.56 Å². The van der Waals surface area contributed by atoms with Gasteiger partial charge in [0.1, 0.15) is 0 Å². The minimum absolute atomic E-state index is 0.0184. The molecule has 0 aliphatic heterocycles. The van der Waals surface area contributed by atoms with Crippen LogP contribution in [0.25, 0.3) is 5.69 Å². The van der Waals surface area contributed by atoms with Gasteiger partial charge < -0.3 is 4.74 Å². The van der Waals surface area contributed by atoms with Gasteiger partial charge in [0, 0.05) is 25.1 Å². The Morgan fingerprint density at radius 2 is 1.82 bits per heavy atom. The van der Waals surface area contributed by atoms with Crippen molar-refractivity contribution in [3.8, 4) is 5.69 Å².